The summed E-state index contributed by atoms with van der Waals surface area (Å²) >= 11 is 0. The lowest BCUT2D eigenvalue weighted by Crippen LogP contribution is -2.60. The fraction of sp³-hybridized carbons (Fsp3) is 0.933. The van der Waals surface area contributed by atoms with Crippen molar-refractivity contribution in [1.82, 2.24) is 4.90 Å². The first kappa shape index (κ1) is 19.9. The first-order valence-electron chi connectivity index (χ1n) is 8.32. The van der Waals surface area contributed by atoms with E-state index in [4.69, 9.17) is 27.9 Å². The molecule has 0 aliphatic carbocycles. The number of hydrogen-bond donors (Lipinski definition) is 0. The molecule has 0 aromatic heterocycles. The van der Waals surface area contributed by atoms with Crippen LogP contribution < -0.4 is 0 Å². The Hall–Kier alpha value is -0.820. The van der Waals surface area contributed by atoms with Gasteiger partial charge in [0.05, 0.1) is 6.61 Å². The number of rotatable bonds is 5. The van der Waals surface area contributed by atoms with E-state index < -0.39 is 46.5 Å². The maximum Gasteiger partial charge on any atom is 0.382 e. The minimum absolute atomic E-state index is 0.161. The highest BCUT2D eigenvalue weighted by Gasteiger charge is 2.65. The van der Waals surface area contributed by atoms with E-state index in [0.29, 0.717) is 0 Å². The Kier molecular flexibility index (Phi) is 4.88. The molecule has 0 aromatic carbocycles. The van der Waals surface area contributed by atoms with Gasteiger partial charge in [-0.25, -0.2) is 4.18 Å². The van der Waals surface area contributed by atoms with E-state index in [1.54, 1.807) is 41.8 Å². The number of ether oxygens (including phenoxy) is 5. The third-order valence-electron chi connectivity index (χ3n) is 4.09. The zero-order valence-corrected chi connectivity index (χ0v) is 16.6. The Morgan fingerprint density at radius 2 is 1.85 bits per heavy atom. The second kappa shape index (κ2) is 6.36. The molecular weight excluding hydrogens is 368 g/mol. The van der Waals surface area contributed by atoms with Crippen LogP contribution in [0.15, 0.2) is 4.40 Å². The molecule has 10 nitrogen and oxygen atoms in total. The molecule has 3 saturated heterocycles. The third-order valence-corrected chi connectivity index (χ3v) is 4.86. The van der Waals surface area contributed by atoms with Crippen molar-refractivity contribution in [3.63, 3.8) is 0 Å². The monoisotopic (exact) mass is 394 g/mol. The van der Waals surface area contributed by atoms with Gasteiger partial charge in [0.1, 0.15) is 31.3 Å². The minimum atomic E-state index is -4.16. The van der Waals surface area contributed by atoms with Gasteiger partial charge in [0, 0.05) is 14.1 Å². The first-order chi connectivity index (χ1) is 11.8. The second-order valence-corrected chi connectivity index (χ2v) is 8.98. The Balaban J connectivity index is 1.80. The molecule has 150 valence electrons. The summed E-state index contributed by atoms with van der Waals surface area (Å²) in [6.45, 7) is 6.77. The normalized spacial score (nSPS) is 38.3. The lowest BCUT2D eigenvalue weighted by atomic mass is 9.98. The highest BCUT2D eigenvalue weighted by Crippen LogP contribution is 2.47. The van der Waals surface area contributed by atoms with Gasteiger partial charge in [-0.2, -0.15) is 8.42 Å². The van der Waals surface area contributed by atoms with Crippen LogP contribution in [0.1, 0.15) is 27.7 Å². The van der Waals surface area contributed by atoms with Crippen molar-refractivity contribution in [3.8, 4) is 0 Å². The molecule has 0 saturated carbocycles. The smallest absolute Gasteiger partial charge is 0.368 e. The van der Waals surface area contributed by atoms with Crippen molar-refractivity contribution in [2.75, 3.05) is 27.3 Å². The molecular formula is C15H26N2O8S. The van der Waals surface area contributed by atoms with Crippen LogP contribution in [0.3, 0.4) is 0 Å². The van der Waals surface area contributed by atoms with Crippen LogP contribution in [0.5, 0.6) is 0 Å². The summed E-state index contributed by atoms with van der Waals surface area (Å²) in [5.41, 5.74) is 0. The Morgan fingerprint density at radius 3 is 2.50 bits per heavy atom. The molecule has 0 spiro atoms. The minimum Gasteiger partial charge on any atom is -0.368 e. The highest BCUT2D eigenvalue weighted by atomic mass is 32.2. The summed E-state index contributed by atoms with van der Waals surface area (Å²) in [5.74, 6) is -3.24. The van der Waals surface area contributed by atoms with Gasteiger partial charge < -0.3 is 28.6 Å². The van der Waals surface area contributed by atoms with E-state index in [2.05, 4.69) is 4.40 Å². The maximum atomic E-state index is 12.0. The van der Waals surface area contributed by atoms with Crippen molar-refractivity contribution in [1.29, 1.82) is 0 Å². The SMILES string of the molecule is CN(C)/C=N/S(=O)(=O)OC[C@@]12OCC3OC(C)(C)OC3C1OC(C)(C)O2. The predicted octanol–water partition coefficient (Wildman–Crippen LogP) is 0.236. The molecule has 0 aromatic rings. The van der Waals surface area contributed by atoms with Gasteiger partial charge in [0.2, 0.25) is 5.79 Å². The topological polar surface area (TPSA) is 105 Å². The molecule has 3 heterocycles. The fourth-order valence-electron chi connectivity index (χ4n) is 3.29. The molecule has 11 heteroatoms. The van der Waals surface area contributed by atoms with Crippen LogP contribution >= 0.6 is 0 Å². The summed E-state index contributed by atoms with van der Waals surface area (Å²) in [4.78, 5) is 1.48. The third kappa shape index (κ3) is 4.03. The van der Waals surface area contributed by atoms with Gasteiger partial charge in [-0.3, -0.25) is 0 Å². The van der Waals surface area contributed by atoms with E-state index in [0.717, 1.165) is 6.34 Å². The zero-order chi connectivity index (χ0) is 19.4. The van der Waals surface area contributed by atoms with Gasteiger partial charge in [-0.1, -0.05) is 0 Å². The van der Waals surface area contributed by atoms with Crippen molar-refractivity contribution in [2.45, 2.75) is 63.4 Å². The van der Waals surface area contributed by atoms with Crippen molar-refractivity contribution < 1.29 is 36.3 Å². The van der Waals surface area contributed by atoms with Gasteiger partial charge in [0.15, 0.2) is 11.6 Å². The van der Waals surface area contributed by atoms with E-state index >= 15 is 0 Å². The summed E-state index contributed by atoms with van der Waals surface area (Å²) in [6, 6.07) is 0. The summed E-state index contributed by atoms with van der Waals surface area (Å²) < 4.78 is 61.9. The molecule has 26 heavy (non-hydrogen) atoms. The average molecular weight is 394 g/mol. The Labute approximate surface area is 153 Å². The molecule has 3 aliphatic heterocycles. The fourth-order valence-corrected chi connectivity index (χ4v) is 3.96. The number of fused-ring (bicyclic) bond motifs is 3. The van der Waals surface area contributed by atoms with Gasteiger partial charge in [0.25, 0.3) is 0 Å². The van der Waals surface area contributed by atoms with Gasteiger partial charge >= 0.3 is 10.3 Å². The van der Waals surface area contributed by atoms with Crippen LogP contribution in [0.2, 0.25) is 0 Å². The van der Waals surface area contributed by atoms with Crippen LogP contribution in [-0.2, 0) is 38.2 Å². The lowest BCUT2D eigenvalue weighted by Gasteiger charge is -2.40. The highest BCUT2D eigenvalue weighted by molar-refractivity contribution is 7.85. The number of nitrogens with zero attached hydrogens (tertiary/aromatic N) is 2. The van der Waals surface area contributed by atoms with E-state index in [1.165, 1.54) is 4.90 Å². The quantitative estimate of drug-likeness (QED) is 0.479. The van der Waals surface area contributed by atoms with Crippen LogP contribution in [0.4, 0.5) is 0 Å². The van der Waals surface area contributed by atoms with Gasteiger partial charge in [-0.15, -0.1) is 4.40 Å². The van der Waals surface area contributed by atoms with Crippen LogP contribution in [-0.4, -0.2) is 82.6 Å². The molecule has 0 N–H and O–H groups in total. The second-order valence-electron chi connectivity index (χ2n) is 7.68. The molecule has 3 unspecified atom stereocenters. The summed E-state index contributed by atoms with van der Waals surface area (Å²) in [7, 11) is -0.869. The molecule has 3 rings (SSSR count). The lowest BCUT2D eigenvalue weighted by molar-refractivity contribution is -0.290. The number of hydrogen-bond acceptors (Lipinski definition) is 8. The van der Waals surface area contributed by atoms with E-state index in [1.807, 2.05) is 0 Å². The van der Waals surface area contributed by atoms with Crippen molar-refractivity contribution in [2.24, 2.45) is 4.40 Å². The van der Waals surface area contributed by atoms with Crippen LogP contribution in [0, 0.1) is 0 Å². The Bertz CT molecular complexity index is 677. The molecule has 3 aliphatic rings. The van der Waals surface area contributed by atoms with Crippen molar-refractivity contribution in [3.05, 3.63) is 0 Å². The summed E-state index contributed by atoms with van der Waals surface area (Å²) in [5, 5.41) is 0. The zero-order valence-electron chi connectivity index (χ0n) is 15.8. The molecule has 0 bridgehead atoms. The Morgan fingerprint density at radius 1 is 1.15 bits per heavy atom. The molecule has 4 atom stereocenters. The van der Waals surface area contributed by atoms with Gasteiger partial charge in [-0.05, 0) is 27.7 Å². The molecule has 0 radical (unpaired) electrons. The average Bonchev–Trinajstić information content (AvgIpc) is 2.95. The predicted molar refractivity (Wildman–Crippen MR) is 89.6 cm³/mol. The maximum absolute atomic E-state index is 12.0. The van der Waals surface area contributed by atoms with Crippen molar-refractivity contribution >= 4 is 16.6 Å². The summed E-state index contributed by atoms with van der Waals surface area (Å²) in [6.07, 6.45) is -0.401. The first-order valence-corrected chi connectivity index (χ1v) is 9.68. The largest absolute Gasteiger partial charge is 0.382 e. The molecule has 3 fully saturated rings. The van der Waals surface area contributed by atoms with E-state index in [9.17, 15) is 8.42 Å². The molecule has 0 amide bonds. The van der Waals surface area contributed by atoms with Crippen LogP contribution in [0.25, 0.3) is 0 Å². The standard InChI is InChI=1S/C15H26N2O8S/c1-13(2)22-10-7-20-15(8-21-26(18,19)16-9-17(5)6)12(11(10)23-13)24-14(3,4)25-15/h9-12H,7-8H2,1-6H3/b16-9+/t10?,11?,12?,15-/m0/s1. The van der Waals surface area contributed by atoms with E-state index in [-0.39, 0.29) is 12.7 Å².